The van der Waals surface area contributed by atoms with E-state index in [1.54, 1.807) is 12.1 Å². The molecule has 1 aromatic heterocycles. The highest BCUT2D eigenvalue weighted by Crippen LogP contribution is 2.39. The number of amides is 1. The van der Waals surface area contributed by atoms with Gasteiger partial charge in [-0.25, -0.2) is 4.39 Å². The molecule has 0 radical (unpaired) electrons. The topological polar surface area (TPSA) is 54.6 Å². The van der Waals surface area contributed by atoms with Gasteiger partial charge < -0.3 is 19.4 Å². The fraction of sp³-hybridized carbons (Fsp3) is 0.423. The number of ether oxygens (including phenoxy) is 2. The van der Waals surface area contributed by atoms with E-state index in [1.165, 1.54) is 12.1 Å². The number of rotatable bonds is 5. The van der Waals surface area contributed by atoms with Crippen LogP contribution < -0.4 is 4.74 Å². The van der Waals surface area contributed by atoms with Crippen molar-refractivity contribution >= 4 is 16.8 Å². The number of fused-ring (bicyclic) bond motifs is 1. The smallest absolute Gasteiger partial charge is 0.256 e. The lowest BCUT2D eigenvalue weighted by atomic mass is 9.78. The number of hydrogen-bond donors (Lipinski definition) is 1. The molecule has 2 fully saturated rings. The summed E-state index contributed by atoms with van der Waals surface area (Å²) in [4.78, 5) is 18.3. The molecule has 168 valence electrons. The number of halogens is 1. The molecule has 0 saturated carbocycles. The average molecular weight is 437 g/mol. The van der Waals surface area contributed by atoms with E-state index in [4.69, 9.17) is 9.47 Å². The molecule has 0 aliphatic carbocycles. The molecule has 5 nitrogen and oxygen atoms in total. The Bertz CT molecular complexity index is 1070. The van der Waals surface area contributed by atoms with Gasteiger partial charge in [-0.05, 0) is 68.4 Å². The Hall–Kier alpha value is -2.86. The van der Waals surface area contributed by atoms with Crippen molar-refractivity contribution in [2.45, 2.75) is 37.7 Å². The van der Waals surface area contributed by atoms with Crippen molar-refractivity contribution in [2.24, 2.45) is 5.92 Å². The molecular weight excluding hydrogens is 407 g/mol. The van der Waals surface area contributed by atoms with E-state index < -0.39 is 0 Å². The fourth-order valence-electron chi connectivity index (χ4n) is 5.13. The first-order valence-electron chi connectivity index (χ1n) is 11.5. The SMILES string of the molecule is O=C(c1c[nH]c2ccccc12)N1CCC2(CC1)CC(CCOc1ccc(F)cc1)CCO2. The molecule has 2 aromatic carbocycles. The zero-order valence-corrected chi connectivity index (χ0v) is 18.2. The number of carbonyl (C=O) groups excluding carboxylic acids is 1. The highest BCUT2D eigenvalue weighted by Gasteiger charge is 2.41. The number of para-hydroxylation sites is 1. The quantitative estimate of drug-likeness (QED) is 0.600. The molecule has 0 bridgehead atoms. The van der Waals surface area contributed by atoms with Crippen LogP contribution in [0, 0.1) is 11.7 Å². The second-order valence-electron chi connectivity index (χ2n) is 9.02. The molecule has 3 heterocycles. The number of piperidine rings is 1. The number of hydrogen-bond acceptors (Lipinski definition) is 3. The van der Waals surface area contributed by atoms with Gasteiger partial charge in [-0.1, -0.05) is 18.2 Å². The fourth-order valence-corrected chi connectivity index (χ4v) is 5.13. The van der Waals surface area contributed by atoms with E-state index >= 15 is 0 Å². The van der Waals surface area contributed by atoms with E-state index in [0.717, 1.165) is 68.3 Å². The molecule has 2 aliphatic heterocycles. The second kappa shape index (κ2) is 8.94. The van der Waals surface area contributed by atoms with Gasteiger partial charge in [0.05, 0.1) is 17.8 Å². The predicted octanol–water partition coefficient (Wildman–Crippen LogP) is 5.18. The van der Waals surface area contributed by atoms with Gasteiger partial charge in [-0.15, -0.1) is 0 Å². The summed E-state index contributed by atoms with van der Waals surface area (Å²) in [5.41, 5.74) is 1.61. The van der Waals surface area contributed by atoms with Crippen LogP contribution in [0.4, 0.5) is 4.39 Å². The summed E-state index contributed by atoms with van der Waals surface area (Å²) >= 11 is 0. The summed E-state index contributed by atoms with van der Waals surface area (Å²) in [6.45, 7) is 2.82. The summed E-state index contributed by atoms with van der Waals surface area (Å²) in [7, 11) is 0. The lowest BCUT2D eigenvalue weighted by Gasteiger charge is -2.46. The summed E-state index contributed by atoms with van der Waals surface area (Å²) < 4.78 is 25.1. The van der Waals surface area contributed by atoms with Gasteiger partial charge in [0.2, 0.25) is 0 Å². The lowest BCUT2D eigenvalue weighted by molar-refractivity contribution is -0.125. The molecule has 6 heteroatoms. The maximum absolute atomic E-state index is 13.1. The van der Waals surface area contributed by atoms with Gasteiger partial charge in [0.15, 0.2) is 0 Å². The Morgan fingerprint density at radius 1 is 1.16 bits per heavy atom. The number of benzene rings is 2. The molecule has 3 aromatic rings. The molecule has 1 spiro atoms. The number of nitrogens with one attached hydrogen (secondary N) is 1. The molecule has 1 N–H and O–H groups in total. The third kappa shape index (κ3) is 4.37. The Labute approximate surface area is 187 Å². The monoisotopic (exact) mass is 436 g/mol. The summed E-state index contributed by atoms with van der Waals surface area (Å²) in [5, 5.41) is 0.980. The molecule has 5 rings (SSSR count). The Morgan fingerprint density at radius 2 is 1.94 bits per heavy atom. The number of aromatic nitrogens is 1. The maximum Gasteiger partial charge on any atom is 0.256 e. The highest BCUT2D eigenvalue weighted by atomic mass is 19.1. The van der Waals surface area contributed by atoms with Crippen LogP contribution in [0.3, 0.4) is 0 Å². The van der Waals surface area contributed by atoms with Crippen LogP contribution >= 0.6 is 0 Å². The third-order valence-corrected chi connectivity index (χ3v) is 6.99. The average Bonchev–Trinajstić information content (AvgIpc) is 3.25. The summed E-state index contributed by atoms with van der Waals surface area (Å²) in [5.74, 6) is 1.09. The van der Waals surface area contributed by atoms with E-state index in [-0.39, 0.29) is 17.3 Å². The number of nitrogens with zero attached hydrogens (tertiary/aromatic N) is 1. The van der Waals surface area contributed by atoms with Crippen LogP contribution in [0.1, 0.15) is 42.5 Å². The largest absolute Gasteiger partial charge is 0.494 e. The summed E-state index contributed by atoms with van der Waals surface area (Å²) in [6, 6.07) is 14.1. The Kier molecular flexibility index (Phi) is 5.87. The number of H-pyrrole nitrogens is 1. The Balaban J connectivity index is 1.15. The van der Waals surface area contributed by atoms with E-state index in [1.807, 2.05) is 35.4 Å². The standard InChI is InChI=1S/C26H29FN2O3/c27-20-5-7-21(8-6-20)31-15-9-19-10-16-32-26(17-19)11-13-29(14-12-26)25(30)23-18-28-24-4-2-1-3-22(23)24/h1-8,18-19,28H,9-17H2. The lowest BCUT2D eigenvalue weighted by Crippen LogP contribution is -2.50. The predicted molar refractivity (Wildman–Crippen MR) is 121 cm³/mol. The minimum absolute atomic E-state index is 0.0948. The van der Waals surface area contributed by atoms with Crippen LogP contribution in [0.25, 0.3) is 10.9 Å². The minimum atomic E-state index is -0.252. The van der Waals surface area contributed by atoms with Crippen molar-refractivity contribution in [3.8, 4) is 5.75 Å². The molecular formula is C26H29FN2O3. The van der Waals surface area contributed by atoms with Crippen molar-refractivity contribution in [1.29, 1.82) is 0 Å². The van der Waals surface area contributed by atoms with Gasteiger partial charge in [0, 0.05) is 36.8 Å². The number of aromatic amines is 1. The zero-order chi connectivity index (χ0) is 22.0. The third-order valence-electron chi connectivity index (χ3n) is 6.99. The van der Waals surface area contributed by atoms with Gasteiger partial charge in [0.25, 0.3) is 5.91 Å². The number of carbonyl (C=O) groups is 1. The van der Waals surface area contributed by atoms with Crippen molar-refractivity contribution in [1.82, 2.24) is 9.88 Å². The second-order valence-corrected chi connectivity index (χ2v) is 9.02. The van der Waals surface area contributed by atoms with Crippen molar-refractivity contribution < 1.29 is 18.7 Å². The van der Waals surface area contributed by atoms with Crippen molar-refractivity contribution in [3.63, 3.8) is 0 Å². The van der Waals surface area contributed by atoms with Gasteiger partial charge >= 0.3 is 0 Å². The summed E-state index contributed by atoms with van der Waals surface area (Å²) in [6.07, 6.45) is 6.57. The van der Waals surface area contributed by atoms with Gasteiger partial charge in [0.1, 0.15) is 11.6 Å². The first-order valence-corrected chi connectivity index (χ1v) is 11.5. The molecule has 2 saturated heterocycles. The van der Waals surface area contributed by atoms with Crippen molar-refractivity contribution in [2.75, 3.05) is 26.3 Å². The van der Waals surface area contributed by atoms with E-state index in [2.05, 4.69) is 4.98 Å². The normalized spacial score (nSPS) is 20.5. The van der Waals surface area contributed by atoms with Crippen LogP contribution in [0.15, 0.2) is 54.7 Å². The first-order chi connectivity index (χ1) is 15.6. The van der Waals surface area contributed by atoms with Crippen LogP contribution in [0.5, 0.6) is 5.75 Å². The van der Waals surface area contributed by atoms with Gasteiger partial charge in [-0.2, -0.15) is 0 Å². The molecule has 1 unspecified atom stereocenters. The number of likely N-dealkylation sites (tertiary alicyclic amines) is 1. The zero-order valence-electron chi connectivity index (χ0n) is 18.2. The molecule has 1 atom stereocenters. The Morgan fingerprint density at radius 3 is 2.75 bits per heavy atom. The van der Waals surface area contributed by atoms with E-state index in [9.17, 15) is 9.18 Å². The molecule has 32 heavy (non-hydrogen) atoms. The minimum Gasteiger partial charge on any atom is -0.494 e. The van der Waals surface area contributed by atoms with Crippen LogP contribution in [-0.4, -0.2) is 47.7 Å². The molecule has 2 aliphatic rings. The van der Waals surface area contributed by atoms with Crippen LogP contribution in [0.2, 0.25) is 0 Å². The first kappa shape index (κ1) is 21.0. The van der Waals surface area contributed by atoms with E-state index in [0.29, 0.717) is 18.3 Å². The van der Waals surface area contributed by atoms with Crippen molar-refractivity contribution in [3.05, 3.63) is 66.1 Å². The molecule has 1 amide bonds. The van der Waals surface area contributed by atoms with Gasteiger partial charge in [-0.3, -0.25) is 4.79 Å². The van der Waals surface area contributed by atoms with Crippen LogP contribution in [-0.2, 0) is 4.74 Å². The maximum atomic E-state index is 13.1. The highest BCUT2D eigenvalue weighted by molar-refractivity contribution is 6.06.